The summed E-state index contributed by atoms with van der Waals surface area (Å²) >= 11 is 0. The Morgan fingerprint density at radius 2 is 1.52 bits per heavy atom. The summed E-state index contributed by atoms with van der Waals surface area (Å²) in [6.45, 7) is 15.2. The molecule has 0 saturated heterocycles. The van der Waals surface area contributed by atoms with Crippen molar-refractivity contribution in [1.82, 2.24) is 0 Å². The molecule has 0 aliphatic heterocycles. The highest BCUT2D eigenvalue weighted by atomic mass is 16.5. The van der Waals surface area contributed by atoms with Crippen molar-refractivity contribution >= 4 is 17.9 Å². The molecule has 0 atom stereocenters. The van der Waals surface area contributed by atoms with Gasteiger partial charge in [0.25, 0.3) is 0 Å². The molecule has 7 heteroatoms. The molecule has 1 N–H and O–H groups in total. The van der Waals surface area contributed by atoms with E-state index in [1.165, 1.54) is 7.11 Å². The van der Waals surface area contributed by atoms with Crippen molar-refractivity contribution in [1.29, 1.82) is 0 Å². The van der Waals surface area contributed by atoms with E-state index >= 15 is 0 Å². The first-order valence-electron chi connectivity index (χ1n) is 6.64. The minimum atomic E-state index is -0.501. The van der Waals surface area contributed by atoms with Gasteiger partial charge in [0.2, 0.25) is 0 Å². The van der Waals surface area contributed by atoms with Crippen molar-refractivity contribution in [3.8, 4) is 0 Å². The lowest BCUT2D eigenvalue weighted by Crippen LogP contribution is -2.04. The van der Waals surface area contributed by atoms with Gasteiger partial charge >= 0.3 is 17.9 Å². The van der Waals surface area contributed by atoms with Crippen molar-refractivity contribution in [2.24, 2.45) is 0 Å². The van der Waals surface area contributed by atoms with E-state index in [1.807, 2.05) is 0 Å². The zero-order chi connectivity index (χ0) is 18.8. The van der Waals surface area contributed by atoms with Gasteiger partial charge in [0.05, 0.1) is 20.3 Å². The van der Waals surface area contributed by atoms with Crippen LogP contribution in [0.1, 0.15) is 20.8 Å². The third-order valence-corrected chi connectivity index (χ3v) is 1.66. The maximum atomic E-state index is 10.4. The van der Waals surface area contributed by atoms with Crippen LogP contribution < -0.4 is 0 Å². The van der Waals surface area contributed by atoms with Crippen LogP contribution in [0.2, 0.25) is 0 Å². The van der Waals surface area contributed by atoms with Crippen LogP contribution in [0.3, 0.4) is 0 Å². The second kappa shape index (κ2) is 17.6. The minimum Gasteiger partial charge on any atom is -0.466 e. The predicted octanol–water partition coefficient (Wildman–Crippen LogP) is 1.57. The average molecular weight is 330 g/mol. The fraction of sp³-hybridized carbons (Fsp3) is 0.438. The number of carbonyl (C=O) groups excluding carboxylic acids is 3. The number of methoxy groups -OCH3 is 1. The number of rotatable bonds is 6. The highest BCUT2D eigenvalue weighted by Gasteiger charge is 1.98. The summed E-state index contributed by atoms with van der Waals surface area (Å²) in [5, 5.41) is 8.10. The molecule has 0 saturated carbocycles. The van der Waals surface area contributed by atoms with Gasteiger partial charge in [0.15, 0.2) is 0 Å². The third kappa shape index (κ3) is 22.0. The minimum absolute atomic E-state index is 0.0465. The second-order valence-electron chi connectivity index (χ2n) is 3.87. The fourth-order valence-corrected chi connectivity index (χ4v) is 0.634. The summed E-state index contributed by atoms with van der Waals surface area (Å²) in [7, 11) is 1.33. The topological polar surface area (TPSA) is 99.1 Å². The highest BCUT2D eigenvalue weighted by Crippen LogP contribution is 1.89. The quantitative estimate of drug-likeness (QED) is 0.448. The molecule has 132 valence electrons. The Morgan fingerprint density at radius 3 is 1.70 bits per heavy atom. The summed E-state index contributed by atoms with van der Waals surface area (Å²) in [6, 6.07) is 0. The van der Waals surface area contributed by atoms with Crippen LogP contribution in [-0.2, 0) is 28.6 Å². The van der Waals surface area contributed by atoms with Gasteiger partial charge in [-0.05, 0) is 20.8 Å². The number of aliphatic hydroxyl groups excluding tert-OH is 1. The van der Waals surface area contributed by atoms with E-state index < -0.39 is 5.97 Å². The molecule has 0 fully saturated rings. The van der Waals surface area contributed by atoms with E-state index in [2.05, 4.69) is 33.9 Å². The maximum Gasteiger partial charge on any atom is 0.333 e. The highest BCUT2D eigenvalue weighted by molar-refractivity contribution is 5.87. The van der Waals surface area contributed by atoms with Gasteiger partial charge in [-0.25, -0.2) is 14.4 Å². The first-order chi connectivity index (χ1) is 10.7. The Morgan fingerprint density at radius 1 is 1.04 bits per heavy atom. The second-order valence-corrected chi connectivity index (χ2v) is 3.87. The molecule has 0 bridgehead atoms. The summed E-state index contributed by atoms with van der Waals surface area (Å²) in [4.78, 5) is 30.7. The molecular weight excluding hydrogens is 304 g/mol. The standard InChI is InChI=1S/C6H10O2.C5H8O3.C5H8O2/c1-4-8-6(7)5(2)3;1-2-5(7)8-4-3-6;1-4(2)5(6)7-3/h2,4H2,1,3H3;2,6H,1,3-4H2;1H2,2-3H3. The monoisotopic (exact) mass is 330 g/mol. The molecule has 0 rings (SSSR count). The van der Waals surface area contributed by atoms with E-state index in [1.54, 1.807) is 20.8 Å². The normalized spacial score (nSPS) is 8.04. The van der Waals surface area contributed by atoms with Gasteiger partial charge in [-0.15, -0.1) is 0 Å². The van der Waals surface area contributed by atoms with Crippen LogP contribution >= 0.6 is 0 Å². The van der Waals surface area contributed by atoms with Crippen molar-refractivity contribution in [2.45, 2.75) is 20.8 Å². The van der Waals surface area contributed by atoms with Crippen molar-refractivity contribution < 1.29 is 33.7 Å². The lowest BCUT2D eigenvalue weighted by molar-refractivity contribution is -0.139. The predicted molar refractivity (Wildman–Crippen MR) is 86.5 cm³/mol. The number of ether oxygens (including phenoxy) is 3. The number of carbonyl (C=O) groups is 3. The number of hydrogen-bond donors (Lipinski definition) is 1. The Bertz CT molecular complexity index is 409. The zero-order valence-corrected chi connectivity index (χ0v) is 14.2. The maximum absolute atomic E-state index is 10.4. The van der Waals surface area contributed by atoms with Gasteiger partial charge in [0, 0.05) is 17.2 Å². The Labute approximate surface area is 137 Å². The molecule has 0 aliphatic carbocycles. The average Bonchev–Trinajstić information content (AvgIpc) is 2.52. The molecule has 7 nitrogen and oxygen atoms in total. The third-order valence-electron chi connectivity index (χ3n) is 1.66. The lowest BCUT2D eigenvalue weighted by atomic mass is 10.4. The molecule has 0 unspecified atom stereocenters. The van der Waals surface area contributed by atoms with E-state index in [4.69, 9.17) is 5.11 Å². The lowest BCUT2D eigenvalue weighted by Gasteiger charge is -1.96. The Hall–Kier alpha value is -2.41. The van der Waals surface area contributed by atoms with E-state index in [9.17, 15) is 14.4 Å². The van der Waals surface area contributed by atoms with Crippen molar-refractivity contribution in [2.75, 3.05) is 26.9 Å². The van der Waals surface area contributed by atoms with E-state index in [0.717, 1.165) is 6.08 Å². The van der Waals surface area contributed by atoms with Gasteiger partial charge in [-0.1, -0.05) is 19.7 Å². The first-order valence-corrected chi connectivity index (χ1v) is 6.64. The van der Waals surface area contributed by atoms with Crippen molar-refractivity contribution in [3.63, 3.8) is 0 Å². The molecular formula is C16H26O7. The smallest absolute Gasteiger partial charge is 0.333 e. The SMILES string of the molecule is C=C(C)C(=O)OC.C=C(C)C(=O)OCC.C=CC(=O)OCCO. The number of hydrogen-bond acceptors (Lipinski definition) is 7. The Balaban J connectivity index is -0.000000262. The van der Waals surface area contributed by atoms with Crippen LogP contribution in [0.25, 0.3) is 0 Å². The number of aliphatic hydroxyl groups is 1. The summed E-state index contributed by atoms with van der Waals surface area (Å²) in [6.07, 6.45) is 1.05. The van der Waals surface area contributed by atoms with Crippen LogP contribution in [-0.4, -0.2) is 49.9 Å². The molecule has 0 aromatic heterocycles. The molecule has 0 amide bonds. The molecule has 0 spiro atoms. The molecule has 0 heterocycles. The number of esters is 3. The van der Waals surface area contributed by atoms with Crippen molar-refractivity contribution in [3.05, 3.63) is 37.0 Å². The van der Waals surface area contributed by atoms with Crippen LogP contribution in [0.4, 0.5) is 0 Å². The first kappa shape index (κ1) is 25.5. The summed E-state index contributed by atoms with van der Waals surface area (Å²) in [5.74, 6) is -1.16. The van der Waals surface area contributed by atoms with Gasteiger partial charge in [0.1, 0.15) is 6.61 Å². The van der Waals surface area contributed by atoms with E-state index in [0.29, 0.717) is 17.8 Å². The van der Waals surface area contributed by atoms with E-state index in [-0.39, 0.29) is 25.2 Å². The summed E-state index contributed by atoms with van der Waals surface area (Å²) < 4.78 is 13.2. The molecule has 0 aromatic carbocycles. The molecule has 0 aromatic rings. The Kier molecular flexibility index (Phi) is 19.6. The fourth-order valence-electron chi connectivity index (χ4n) is 0.634. The van der Waals surface area contributed by atoms with Gasteiger partial charge in [-0.2, -0.15) is 0 Å². The van der Waals surface area contributed by atoms with Crippen LogP contribution in [0.5, 0.6) is 0 Å². The van der Waals surface area contributed by atoms with Gasteiger partial charge < -0.3 is 19.3 Å². The molecule has 23 heavy (non-hydrogen) atoms. The van der Waals surface area contributed by atoms with Crippen LogP contribution in [0, 0.1) is 0 Å². The van der Waals surface area contributed by atoms with Gasteiger partial charge in [-0.3, -0.25) is 0 Å². The largest absolute Gasteiger partial charge is 0.466 e. The molecule has 0 aliphatic rings. The summed E-state index contributed by atoms with van der Waals surface area (Å²) in [5.41, 5.74) is 0.884. The zero-order valence-electron chi connectivity index (χ0n) is 14.2. The van der Waals surface area contributed by atoms with Crippen LogP contribution in [0.15, 0.2) is 37.0 Å². The molecule has 0 radical (unpaired) electrons.